The summed E-state index contributed by atoms with van der Waals surface area (Å²) in [6.07, 6.45) is 0. The largest absolute Gasteiger partial charge is 0.293 e. The van der Waals surface area contributed by atoms with Crippen molar-refractivity contribution < 1.29 is 9.59 Å². The van der Waals surface area contributed by atoms with E-state index in [-0.39, 0.29) is 11.6 Å². The van der Waals surface area contributed by atoms with Crippen LogP contribution in [-0.2, 0) is 0 Å². The topological polar surface area (TPSA) is 34.1 Å². The third-order valence-corrected chi connectivity index (χ3v) is 5.99. The number of carbonyl (C=O) groups excluding carboxylic acids is 2. The summed E-state index contributed by atoms with van der Waals surface area (Å²) in [4.78, 5) is 25.8. The average molecular weight is 431 g/mol. The van der Waals surface area contributed by atoms with Gasteiger partial charge < -0.3 is 0 Å². The highest BCUT2D eigenvalue weighted by Crippen LogP contribution is 2.38. The van der Waals surface area contributed by atoms with Crippen LogP contribution in [0.2, 0.25) is 0 Å². The predicted molar refractivity (Wildman–Crippen MR) is 116 cm³/mol. The molecular weight excluding hydrogens is 412 g/mol. The van der Waals surface area contributed by atoms with Crippen molar-refractivity contribution in [2.24, 2.45) is 0 Å². The van der Waals surface area contributed by atoms with Crippen LogP contribution in [0.5, 0.6) is 0 Å². The normalized spacial score (nSPS) is 16.1. The van der Waals surface area contributed by atoms with Crippen LogP contribution in [0.15, 0.2) is 78.4 Å². The molecule has 0 radical (unpaired) electrons. The molecule has 0 aliphatic heterocycles. The number of fused-ring (bicyclic) bond motifs is 1. The molecule has 28 heavy (non-hydrogen) atoms. The van der Waals surface area contributed by atoms with Gasteiger partial charge in [-0.3, -0.25) is 9.59 Å². The molecule has 2 nitrogen and oxygen atoms in total. The van der Waals surface area contributed by atoms with E-state index in [4.69, 9.17) is 0 Å². The highest BCUT2D eigenvalue weighted by molar-refractivity contribution is 9.10. The lowest BCUT2D eigenvalue weighted by Gasteiger charge is -2.25. The highest BCUT2D eigenvalue weighted by atomic mass is 79.9. The molecule has 0 N–H and O–H groups in total. The Hall–Kier alpha value is -2.78. The molecule has 0 bridgehead atoms. The van der Waals surface area contributed by atoms with Crippen molar-refractivity contribution in [3.05, 3.63) is 112 Å². The van der Waals surface area contributed by atoms with E-state index in [1.165, 1.54) is 0 Å². The van der Waals surface area contributed by atoms with E-state index in [1.54, 1.807) is 24.3 Å². The maximum absolute atomic E-state index is 13.5. The Bertz CT molecular complexity index is 1060. The SMILES string of the molecule is Cc1ccc(C(=C2C(=O)c3ccccc3C(=O)C2Br)c2ccc(C)cc2)cc1. The number of ketones is 2. The fourth-order valence-electron chi connectivity index (χ4n) is 3.58. The molecule has 0 heterocycles. The molecule has 4 rings (SSSR count). The summed E-state index contributed by atoms with van der Waals surface area (Å²) < 4.78 is 0. The van der Waals surface area contributed by atoms with Crippen LogP contribution in [0.1, 0.15) is 43.0 Å². The van der Waals surface area contributed by atoms with Crippen molar-refractivity contribution in [3.8, 4) is 0 Å². The van der Waals surface area contributed by atoms with Gasteiger partial charge in [-0.05, 0) is 30.5 Å². The van der Waals surface area contributed by atoms with Crippen molar-refractivity contribution in [1.82, 2.24) is 0 Å². The summed E-state index contributed by atoms with van der Waals surface area (Å²) in [6, 6.07) is 23.2. The molecule has 3 heteroatoms. The first-order chi connectivity index (χ1) is 13.5. The lowest BCUT2D eigenvalue weighted by molar-refractivity contribution is 0.0943. The average Bonchev–Trinajstić information content (AvgIpc) is 2.71. The smallest absolute Gasteiger partial charge is 0.191 e. The standard InChI is InChI=1S/C25H19BrO2/c1-15-7-11-17(12-8-15)21(18-13-9-16(2)10-14-18)22-23(26)25(28)20-6-4-3-5-19(20)24(22)27/h3-14,23H,1-2H3. The Morgan fingerprint density at radius 3 is 1.68 bits per heavy atom. The molecular formula is C25H19BrO2. The van der Waals surface area contributed by atoms with E-state index >= 15 is 0 Å². The molecule has 1 aliphatic carbocycles. The maximum Gasteiger partial charge on any atom is 0.191 e. The van der Waals surface area contributed by atoms with E-state index in [2.05, 4.69) is 15.9 Å². The molecule has 0 amide bonds. The van der Waals surface area contributed by atoms with E-state index in [9.17, 15) is 9.59 Å². The van der Waals surface area contributed by atoms with Crippen LogP contribution >= 0.6 is 15.9 Å². The molecule has 1 atom stereocenters. The van der Waals surface area contributed by atoms with Gasteiger partial charge in [-0.15, -0.1) is 0 Å². The third-order valence-electron chi connectivity index (χ3n) is 5.12. The van der Waals surface area contributed by atoms with Gasteiger partial charge in [-0.1, -0.05) is 99.9 Å². The van der Waals surface area contributed by atoms with Crippen molar-refractivity contribution in [1.29, 1.82) is 0 Å². The molecule has 1 unspecified atom stereocenters. The minimum atomic E-state index is -0.674. The zero-order valence-corrected chi connectivity index (χ0v) is 17.3. The molecule has 0 aromatic heterocycles. The minimum Gasteiger partial charge on any atom is -0.293 e. The van der Waals surface area contributed by atoms with Gasteiger partial charge in [0.15, 0.2) is 11.6 Å². The Morgan fingerprint density at radius 2 is 1.18 bits per heavy atom. The van der Waals surface area contributed by atoms with Crippen LogP contribution in [0.3, 0.4) is 0 Å². The predicted octanol–water partition coefficient (Wildman–Crippen LogP) is 5.95. The summed E-state index contributed by atoms with van der Waals surface area (Å²) in [7, 11) is 0. The van der Waals surface area contributed by atoms with Gasteiger partial charge in [0.1, 0.15) is 4.83 Å². The number of aryl methyl sites for hydroxylation is 2. The Balaban J connectivity index is 2.03. The number of Topliss-reactive ketones (excluding diaryl/α,β-unsaturated/α-hetero) is 2. The second kappa shape index (κ2) is 7.33. The molecule has 0 fully saturated rings. The van der Waals surface area contributed by atoms with Crippen LogP contribution in [0, 0.1) is 13.8 Å². The zero-order valence-electron chi connectivity index (χ0n) is 15.7. The van der Waals surface area contributed by atoms with E-state index in [0.717, 1.165) is 27.8 Å². The van der Waals surface area contributed by atoms with Gasteiger partial charge in [0.05, 0.1) is 0 Å². The second-order valence-corrected chi connectivity index (χ2v) is 8.04. The monoisotopic (exact) mass is 430 g/mol. The fourth-order valence-corrected chi connectivity index (χ4v) is 4.27. The summed E-state index contributed by atoms with van der Waals surface area (Å²) >= 11 is 3.53. The Labute approximate surface area is 173 Å². The lowest BCUT2D eigenvalue weighted by Crippen LogP contribution is -2.31. The Kier molecular flexibility index (Phi) is 4.86. The van der Waals surface area contributed by atoms with Crippen LogP contribution in [0.25, 0.3) is 5.57 Å². The summed E-state index contributed by atoms with van der Waals surface area (Å²) in [5, 5.41) is 0. The van der Waals surface area contributed by atoms with Crippen LogP contribution in [-0.4, -0.2) is 16.4 Å². The number of benzene rings is 3. The summed E-state index contributed by atoms with van der Waals surface area (Å²) in [5.74, 6) is -0.185. The van der Waals surface area contributed by atoms with Gasteiger partial charge >= 0.3 is 0 Å². The second-order valence-electron chi connectivity index (χ2n) is 7.12. The van der Waals surface area contributed by atoms with Gasteiger partial charge in [0, 0.05) is 16.7 Å². The molecule has 0 saturated heterocycles. The molecule has 138 valence electrons. The van der Waals surface area contributed by atoms with Crippen LogP contribution < -0.4 is 0 Å². The first-order valence-electron chi connectivity index (χ1n) is 9.17. The Morgan fingerprint density at radius 1 is 0.714 bits per heavy atom. The minimum absolute atomic E-state index is 0.0816. The highest BCUT2D eigenvalue weighted by Gasteiger charge is 2.37. The van der Waals surface area contributed by atoms with Crippen molar-refractivity contribution in [3.63, 3.8) is 0 Å². The van der Waals surface area contributed by atoms with E-state index in [1.807, 2.05) is 62.4 Å². The molecule has 3 aromatic rings. The van der Waals surface area contributed by atoms with Crippen molar-refractivity contribution >= 4 is 33.1 Å². The quantitative estimate of drug-likeness (QED) is 0.371. The first-order valence-corrected chi connectivity index (χ1v) is 10.1. The number of hydrogen-bond acceptors (Lipinski definition) is 2. The summed E-state index contributed by atoms with van der Waals surface area (Å²) in [6.45, 7) is 4.06. The molecule has 1 aliphatic rings. The number of allylic oxidation sites excluding steroid dienone is 1. The van der Waals surface area contributed by atoms with E-state index in [0.29, 0.717) is 16.7 Å². The summed E-state index contributed by atoms with van der Waals surface area (Å²) in [5.41, 5.74) is 6.38. The molecule has 0 spiro atoms. The van der Waals surface area contributed by atoms with E-state index < -0.39 is 4.83 Å². The lowest BCUT2D eigenvalue weighted by atomic mass is 9.80. The van der Waals surface area contributed by atoms with Gasteiger partial charge in [0.2, 0.25) is 0 Å². The van der Waals surface area contributed by atoms with Crippen LogP contribution in [0.4, 0.5) is 0 Å². The zero-order chi connectivity index (χ0) is 19.8. The molecule has 3 aromatic carbocycles. The number of halogens is 1. The van der Waals surface area contributed by atoms with Crippen molar-refractivity contribution in [2.75, 3.05) is 0 Å². The van der Waals surface area contributed by atoms with Gasteiger partial charge in [0.25, 0.3) is 0 Å². The number of rotatable bonds is 2. The number of hydrogen-bond donors (Lipinski definition) is 0. The van der Waals surface area contributed by atoms with Crippen molar-refractivity contribution in [2.45, 2.75) is 18.7 Å². The van der Waals surface area contributed by atoms with Gasteiger partial charge in [-0.2, -0.15) is 0 Å². The number of carbonyl (C=O) groups is 2. The first kappa shape index (κ1) is 18.6. The fraction of sp³-hybridized carbons (Fsp3) is 0.120. The third kappa shape index (κ3) is 3.16. The molecule has 0 saturated carbocycles. The van der Waals surface area contributed by atoms with Gasteiger partial charge in [-0.25, -0.2) is 0 Å². The number of alkyl halides is 1. The maximum atomic E-state index is 13.5.